The van der Waals surface area contributed by atoms with Crippen molar-refractivity contribution in [3.63, 3.8) is 0 Å². The Balaban J connectivity index is 1.75. The van der Waals surface area contributed by atoms with E-state index in [4.69, 9.17) is 10.5 Å². The van der Waals surface area contributed by atoms with E-state index in [1.807, 2.05) is 6.92 Å². The number of nitrogens with two attached hydrogens (primary N) is 1. The number of pyridine rings is 1. The Morgan fingerprint density at radius 1 is 1.18 bits per heavy atom. The average molecular weight is 447 g/mol. The molecular weight excluding hydrogens is 425 g/mol. The average Bonchev–Trinajstić information content (AvgIpc) is 2.82. The molecule has 2 heterocycles. The molecule has 4 aromatic rings. The second kappa shape index (κ2) is 9.47. The first-order valence-corrected chi connectivity index (χ1v) is 10.4. The van der Waals surface area contributed by atoms with E-state index in [1.54, 1.807) is 36.5 Å². The molecule has 0 aliphatic rings. The largest absolute Gasteiger partial charge is 0.487 e. The van der Waals surface area contributed by atoms with Gasteiger partial charge in [-0.05, 0) is 36.8 Å². The number of para-hydroxylation sites is 1. The van der Waals surface area contributed by atoms with E-state index in [1.165, 1.54) is 18.2 Å². The molecule has 0 radical (unpaired) electrons. The van der Waals surface area contributed by atoms with Crippen molar-refractivity contribution in [2.45, 2.75) is 20.0 Å². The molecule has 8 nitrogen and oxygen atoms in total. The van der Waals surface area contributed by atoms with Crippen LogP contribution in [0.3, 0.4) is 0 Å². The summed E-state index contributed by atoms with van der Waals surface area (Å²) in [4.78, 5) is 27.9. The van der Waals surface area contributed by atoms with Gasteiger partial charge in [0.1, 0.15) is 29.4 Å². The molecule has 0 unspecified atom stereocenters. The van der Waals surface area contributed by atoms with Gasteiger partial charge in [-0.3, -0.25) is 9.59 Å². The van der Waals surface area contributed by atoms with Gasteiger partial charge in [0.15, 0.2) is 0 Å². The number of H-pyrrole nitrogens is 1. The van der Waals surface area contributed by atoms with Crippen molar-refractivity contribution in [2.24, 2.45) is 0 Å². The lowest BCUT2D eigenvalue weighted by Gasteiger charge is -2.13. The summed E-state index contributed by atoms with van der Waals surface area (Å²) in [5.41, 5.74) is 7.04. The molecule has 0 spiro atoms. The molecule has 0 aliphatic heterocycles. The van der Waals surface area contributed by atoms with Gasteiger partial charge >= 0.3 is 0 Å². The minimum absolute atomic E-state index is 0.0414. The molecule has 33 heavy (non-hydrogen) atoms. The molecule has 4 rings (SSSR count). The molecule has 2 aromatic heterocycles. The number of anilines is 1. The SMILES string of the molecule is CCCNC(=O)c1c(N)c2cccc(-c3cc(OCc4cccnn4)ccc3F)c2[nH]c1=O. The maximum atomic E-state index is 14.8. The lowest BCUT2D eigenvalue weighted by Crippen LogP contribution is -2.31. The number of aromatic amines is 1. The molecule has 0 saturated carbocycles. The van der Waals surface area contributed by atoms with Crippen LogP contribution in [0.5, 0.6) is 5.75 Å². The minimum atomic E-state index is -0.642. The summed E-state index contributed by atoms with van der Waals surface area (Å²) in [6.07, 6.45) is 2.28. The van der Waals surface area contributed by atoms with Crippen LogP contribution in [-0.4, -0.2) is 27.6 Å². The van der Waals surface area contributed by atoms with Crippen LogP contribution in [0.25, 0.3) is 22.0 Å². The summed E-state index contributed by atoms with van der Waals surface area (Å²) >= 11 is 0. The summed E-state index contributed by atoms with van der Waals surface area (Å²) < 4.78 is 20.6. The first kappa shape index (κ1) is 21.9. The molecular formula is C24H22FN5O3. The van der Waals surface area contributed by atoms with E-state index in [-0.39, 0.29) is 23.4 Å². The molecule has 0 saturated heterocycles. The van der Waals surface area contributed by atoms with Crippen LogP contribution in [-0.2, 0) is 6.61 Å². The van der Waals surface area contributed by atoms with Crippen LogP contribution in [0.2, 0.25) is 0 Å². The number of hydrogen-bond acceptors (Lipinski definition) is 6. The smallest absolute Gasteiger partial charge is 0.263 e. The Morgan fingerprint density at radius 3 is 2.79 bits per heavy atom. The highest BCUT2D eigenvalue weighted by atomic mass is 19.1. The second-order valence-electron chi connectivity index (χ2n) is 7.37. The van der Waals surface area contributed by atoms with Crippen molar-refractivity contribution >= 4 is 22.5 Å². The topological polar surface area (TPSA) is 123 Å². The normalized spacial score (nSPS) is 10.8. The molecule has 0 aliphatic carbocycles. The summed E-state index contributed by atoms with van der Waals surface area (Å²) in [5.74, 6) is -0.632. The summed E-state index contributed by atoms with van der Waals surface area (Å²) in [6.45, 7) is 2.48. The number of carbonyl (C=O) groups is 1. The fourth-order valence-electron chi connectivity index (χ4n) is 3.49. The highest BCUT2D eigenvalue weighted by molar-refractivity contribution is 6.08. The van der Waals surface area contributed by atoms with Crippen molar-refractivity contribution in [3.05, 3.63) is 82.2 Å². The van der Waals surface area contributed by atoms with Crippen LogP contribution in [0.15, 0.2) is 59.5 Å². The summed E-state index contributed by atoms with van der Waals surface area (Å²) in [7, 11) is 0. The van der Waals surface area contributed by atoms with Crippen molar-refractivity contribution in [3.8, 4) is 16.9 Å². The maximum Gasteiger partial charge on any atom is 0.263 e. The Kier molecular flexibility index (Phi) is 6.30. The summed E-state index contributed by atoms with van der Waals surface area (Å²) in [5, 5.41) is 10.9. The van der Waals surface area contributed by atoms with E-state index < -0.39 is 17.3 Å². The number of fused-ring (bicyclic) bond motifs is 1. The quantitative estimate of drug-likeness (QED) is 0.399. The van der Waals surface area contributed by atoms with E-state index >= 15 is 0 Å². The number of halogens is 1. The Labute approximate surface area is 188 Å². The van der Waals surface area contributed by atoms with Gasteiger partial charge < -0.3 is 20.8 Å². The van der Waals surface area contributed by atoms with E-state index in [2.05, 4.69) is 20.5 Å². The summed E-state index contributed by atoms with van der Waals surface area (Å²) in [6, 6.07) is 12.9. The zero-order valence-electron chi connectivity index (χ0n) is 17.9. The third-order valence-corrected chi connectivity index (χ3v) is 5.09. The van der Waals surface area contributed by atoms with Crippen LogP contribution < -0.4 is 21.3 Å². The molecule has 0 atom stereocenters. The number of nitrogens with zero attached hydrogens (tertiary/aromatic N) is 2. The standard InChI is InChI=1S/C24H22FN5O3/c1-2-10-27-23(31)20-21(26)17-7-3-6-16(22(17)29-24(20)32)18-12-15(8-9-19(18)25)33-13-14-5-4-11-28-30-14/h3-9,11-12H,2,10,13H2,1H3,(H,27,31)(H3,26,29,32). The van der Waals surface area contributed by atoms with Gasteiger partial charge in [0.25, 0.3) is 11.5 Å². The number of aromatic nitrogens is 3. The van der Waals surface area contributed by atoms with Crippen LogP contribution in [0, 0.1) is 5.82 Å². The van der Waals surface area contributed by atoms with Crippen molar-refractivity contribution in [1.29, 1.82) is 0 Å². The Morgan fingerprint density at radius 2 is 2.03 bits per heavy atom. The highest BCUT2D eigenvalue weighted by Gasteiger charge is 2.20. The molecule has 1 amide bonds. The number of carbonyl (C=O) groups excluding carboxylic acids is 1. The zero-order chi connectivity index (χ0) is 23.4. The van der Waals surface area contributed by atoms with E-state index in [0.29, 0.717) is 34.5 Å². The van der Waals surface area contributed by atoms with Gasteiger partial charge in [-0.1, -0.05) is 25.1 Å². The molecule has 2 aromatic carbocycles. The lowest BCUT2D eigenvalue weighted by atomic mass is 9.99. The van der Waals surface area contributed by atoms with Crippen molar-refractivity contribution < 1.29 is 13.9 Å². The molecule has 9 heteroatoms. The number of rotatable bonds is 7. The third-order valence-electron chi connectivity index (χ3n) is 5.09. The van der Waals surface area contributed by atoms with Gasteiger partial charge in [0.2, 0.25) is 0 Å². The van der Waals surface area contributed by atoms with Gasteiger partial charge in [-0.15, -0.1) is 0 Å². The molecule has 0 fully saturated rings. The van der Waals surface area contributed by atoms with Crippen LogP contribution >= 0.6 is 0 Å². The van der Waals surface area contributed by atoms with Crippen molar-refractivity contribution in [2.75, 3.05) is 12.3 Å². The van der Waals surface area contributed by atoms with E-state index in [0.717, 1.165) is 6.42 Å². The first-order chi connectivity index (χ1) is 16.0. The number of nitrogens with one attached hydrogen (secondary N) is 2. The third kappa shape index (κ3) is 4.52. The van der Waals surface area contributed by atoms with Crippen molar-refractivity contribution in [1.82, 2.24) is 20.5 Å². The number of amides is 1. The maximum absolute atomic E-state index is 14.8. The number of nitrogen functional groups attached to an aromatic ring is 1. The van der Waals surface area contributed by atoms with Gasteiger partial charge in [-0.2, -0.15) is 10.2 Å². The molecule has 0 bridgehead atoms. The van der Waals surface area contributed by atoms with Gasteiger partial charge in [-0.25, -0.2) is 4.39 Å². The minimum Gasteiger partial charge on any atom is -0.487 e. The highest BCUT2D eigenvalue weighted by Crippen LogP contribution is 2.34. The lowest BCUT2D eigenvalue weighted by molar-refractivity contribution is 0.0953. The van der Waals surface area contributed by atoms with Crippen LogP contribution in [0.1, 0.15) is 29.4 Å². The van der Waals surface area contributed by atoms with Crippen LogP contribution in [0.4, 0.5) is 10.1 Å². The number of benzene rings is 2. The zero-order valence-corrected chi connectivity index (χ0v) is 17.9. The van der Waals surface area contributed by atoms with Gasteiger partial charge in [0.05, 0.1) is 11.2 Å². The number of ether oxygens (including phenoxy) is 1. The van der Waals surface area contributed by atoms with Gasteiger partial charge in [0, 0.05) is 29.3 Å². The first-order valence-electron chi connectivity index (χ1n) is 10.4. The monoisotopic (exact) mass is 447 g/mol. The molecule has 168 valence electrons. The molecule has 4 N–H and O–H groups in total. The van der Waals surface area contributed by atoms with E-state index in [9.17, 15) is 14.0 Å². The Hall–Kier alpha value is -4.27. The predicted octanol–water partition coefficient (Wildman–Crippen LogP) is 3.43. The predicted molar refractivity (Wildman–Crippen MR) is 123 cm³/mol. The fourth-order valence-corrected chi connectivity index (χ4v) is 3.49. The number of hydrogen-bond donors (Lipinski definition) is 3. The second-order valence-corrected chi connectivity index (χ2v) is 7.37. The fraction of sp³-hybridized carbons (Fsp3) is 0.167. The Bertz CT molecular complexity index is 1370.